The van der Waals surface area contributed by atoms with E-state index in [1.165, 1.54) is 0 Å². The highest BCUT2D eigenvalue weighted by Gasteiger charge is 2.49. The Bertz CT molecular complexity index is 656. The van der Waals surface area contributed by atoms with Gasteiger partial charge in [-0.25, -0.2) is 0 Å². The summed E-state index contributed by atoms with van der Waals surface area (Å²) in [6.45, 7) is 10.9. The van der Waals surface area contributed by atoms with Crippen molar-refractivity contribution < 1.29 is 14.2 Å². The fraction of sp³-hybridized carbons (Fsp3) is 0.571. The number of hydrogen-bond acceptors (Lipinski definition) is 3. The van der Waals surface area contributed by atoms with Crippen LogP contribution in [0.15, 0.2) is 72.9 Å². The molecule has 3 heteroatoms. The van der Waals surface area contributed by atoms with Crippen LogP contribution in [0.25, 0.3) is 0 Å². The van der Waals surface area contributed by atoms with Gasteiger partial charge in [0.25, 0.3) is 5.97 Å². The highest BCUT2D eigenvalue weighted by molar-refractivity contribution is 5.13. The fourth-order valence-corrected chi connectivity index (χ4v) is 3.42. The molecule has 0 aliphatic carbocycles. The van der Waals surface area contributed by atoms with Crippen LogP contribution in [0.1, 0.15) is 59.8 Å². The number of hydrogen-bond donors (Lipinski definition) is 0. The molecule has 0 radical (unpaired) electrons. The molecule has 0 amide bonds. The number of fused-ring (bicyclic) bond motifs is 3. The highest BCUT2D eigenvalue weighted by Crippen LogP contribution is 2.40. The minimum Gasteiger partial charge on any atom is -0.327 e. The van der Waals surface area contributed by atoms with Crippen LogP contribution in [-0.4, -0.2) is 25.8 Å². The van der Waals surface area contributed by atoms with Crippen LogP contribution >= 0.6 is 0 Å². The summed E-state index contributed by atoms with van der Waals surface area (Å²) in [6.07, 6.45) is 31.0. The third kappa shape index (κ3) is 9.99. The average molecular weight is 427 g/mol. The Labute approximate surface area is 190 Å². The van der Waals surface area contributed by atoms with Gasteiger partial charge in [0.1, 0.15) is 0 Å². The molecule has 3 aliphatic heterocycles. The van der Waals surface area contributed by atoms with E-state index in [2.05, 4.69) is 101 Å². The normalized spacial score (nSPS) is 29.0. The lowest BCUT2D eigenvalue weighted by atomic mass is 9.91. The van der Waals surface area contributed by atoms with Gasteiger partial charge in [-0.3, -0.25) is 0 Å². The Morgan fingerprint density at radius 1 is 0.742 bits per heavy atom. The molecule has 0 spiro atoms. The summed E-state index contributed by atoms with van der Waals surface area (Å²) in [4.78, 5) is 0. The lowest BCUT2D eigenvalue weighted by molar-refractivity contribution is -0.467. The van der Waals surface area contributed by atoms with Crippen LogP contribution in [0.3, 0.4) is 0 Å². The predicted octanol–water partition coefficient (Wildman–Crippen LogP) is 7.30. The SMILES string of the molecule is C/C=C\C[C@H](C)/C=C/C=C\C=C\[C@@H](C)C/C=C\C/C=C\CCC12OCC(C)(CO1)CO2. The molecule has 2 bridgehead atoms. The van der Waals surface area contributed by atoms with Crippen molar-refractivity contribution in [2.45, 2.75) is 65.8 Å². The summed E-state index contributed by atoms with van der Waals surface area (Å²) in [7, 11) is 0. The first-order valence-corrected chi connectivity index (χ1v) is 11.8. The first-order chi connectivity index (χ1) is 15.0. The first kappa shape index (κ1) is 25.6. The van der Waals surface area contributed by atoms with Crippen LogP contribution in [0.5, 0.6) is 0 Å². The standard InChI is InChI=1S/C28H42O3/c1-5-6-17-25(2)18-14-10-11-15-20-26(3)19-13-9-7-8-12-16-21-28-29-22-27(4,23-30-28)24-31-28/h5-6,8-15,18,20,25-26H,7,16-17,19,21-24H2,1-4H3/b6-5-,11-10-,12-8-,13-9-,18-14+,20-15+/t25-,26-,27?,28?/m0/s1. The van der Waals surface area contributed by atoms with Gasteiger partial charge in [-0.1, -0.05) is 93.7 Å². The van der Waals surface area contributed by atoms with Crippen LogP contribution < -0.4 is 0 Å². The van der Waals surface area contributed by atoms with Crippen molar-refractivity contribution in [3.8, 4) is 0 Å². The van der Waals surface area contributed by atoms with E-state index >= 15 is 0 Å². The molecule has 3 saturated heterocycles. The lowest BCUT2D eigenvalue weighted by Crippen LogP contribution is -2.58. The Morgan fingerprint density at radius 3 is 1.87 bits per heavy atom. The molecule has 0 aromatic carbocycles. The predicted molar refractivity (Wildman–Crippen MR) is 131 cm³/mol. The van der Waals surface area contributed by atoms with Crippen LogP contribution in [0, 0.1) is 17.3 Å². The van der Waals surface area contributed by atoms with E-state index in [0.29, 0.717) is 11.8 Å². The second-order valence-electron chi connectivity index (χ2n) is 9.23. The molecule has 3 aliphatic rings. The zero-order valence-corrected chi connectivity index (χ0v) is 20.0. The van der Waals surface area contributed by atoms with Gasteiger partial charge in [-0.05, 0) is 44.4 Å². The summed E-state index contributed by atoms with van der Waals surface area (Å²) < 4.78 is 17.4. The maximum atomic E-state index is 5.81. The number of allylic oxidation sites excluding steroid dienone is 12. The zero-order chi connectivity index (χ0) is 22.4. The zero-order valence-electron chi connectivity index (χ0n) is 20.0. The molecular weight excluding hydrogens is 384 g/mol. The molecule has 0 saturated carbocycles. The molecule has 0 N–H and O–H groups in total. The maximum Gasteiger partial charge on any atom is 0.283 e. The molecule has 0 aromatic heterocycles. The van der Waals surface area contributed by atoms with Gasteiger partial charge in [0.2, 0.25) is 0 Å². The molecule has 3 nitrogen and oxygen atoms in total. The van der Waals surface area contributed by atoms with E-state index in [1.807, 2.05) is 0 Å². The van der Waals surface area contributed by atoms with Gasteiger partial charge < -0.3 is 14.2 Å². The van der Waals surface area contributed by atoms with Gasteiger partial charge >= 0.3 is 0 Å². The molecular formula is C28H42O3. The van der Waals surface area contributed by atoms with E-state index in [9.17, 15) is 0 Å². The number of rotatable bonds is 13. The topological polar surface area (TPSA) is 27.7 Å². The van der Waals surface area contributed by atoms with Gasteiger partial charge in [-0.2, -0.15) is 0 Å². The van der Waals surface area contributed by atoms with E-state index < -0.39 is 5.97 Å². The highest BCUT2D eigenvalue weighted by atomic mass is 16.9. The second kappa shape index (κ2) is 13.7. The average Bonchev–Trinajstić information content (AvgIpc) is 2.77. The van der Waals surface area contributed by atoms with Gasteiger partial charge in [0.15, 0.2) is 0 Å². The molecule has 3 fully saturated rings. The molecule has 31 heavy (non-hydrogen) atoms. The molecule has 0 unspecified atom stereocenters. The fourth-order valence-electron chi connectivity index (χ4n) is 3.42. The summed E-state index contributed by atoms with van der Waals surface area (Å²) in [5.41, 5.74) is 0.0344. The van der Waals surface area contributed by atoms with Gasteiger partial charge in [0.05, 0.1) is 19.8 Å². The number of ether oxygens (including phenoxy) is 3. The van der Waals surface area contributed by atoms with Gasteiger partial charge in [0, 0.05) is 11.8 Å². The Balaban J connectivity index is 1.53. The van der Waals surface area contributed by atoms with Crippen LogP contribution in [0.4, 0.5) is 0 Å². The van der Waals surface area contributed by atoms with Crippen LogP contribution in [0.2, 0.25) is 0 Å². The van der Waals surface area contributed by atoms with Crippen molar-refractivity contribution in [2.24, 2.45) is 17.3 Å². The summed E-state index contributed by atoms with van der Waals surface area (Å²) in [5.74, 6) is 0.328. The first-order valence-electron chi connectivity index (χ1n) is 11.8. The second-order valence-corrected chi connectivity index (χ2v) is 9.23. The summed E-state index contributed by atoms with van der Waals surface area (Å²) in [5, 5.41) is 0. The summed E-state index contributed by atoms with van der Waals surface area (Å²) >= 11 is 0. The van der Waals surface area contributed by atoms with Crippen molar-refractivity contribution in [1.82, 2.24) is 0 Å². The van der Waals surface area contributed by atoms with Crippen molar-refractivity contribution in [3.63, 3.8) is 0 Å². The lowest BCUT2D eigenvalue weighted by Gasteiger charge is -2.50. The molecule has 2 atom stereocenters. The largest absolute Gasteiger partial charge is 0.327 e. The maximum absolute atomic E-state index is 5.81. The minimum atomic E-state index is -0.797. The van der Waals surface area contributed by atoms with E-state index in [1.54, 1.807) is 0 Å². The van der Waals surface area contributed by atoms with Crippen molar-refractivity contribution in [3.05, 3.63) is 72.9 Å². The molecule has 3 rings (SSSR count). The third-order valence-electron chi connectivity index (χ3n) is 5.61. The minimum absolute atomic E-state index is 0.0344. The Morgan fingerprint density at radius 2 is 1.29 bits per heavy atom. The molecule has 3 heterocycles. The van der Waals surface area contributed by atoms with Gasteiger partial charge in [-0.15, -0.1) is 0 Å². The van der Waals surface area contributed by atoms with Crippen LogP contribution in [-0.2, 0) is 14.2 Å². The van der Waals surface area contributed by atoms with E-state index in [4.69, 9.17) is 14.2 Å². The van der Waals surface area contributed by atoms with E-state index in [-0.39, 0.29) is 5.41 Å². The smallest absolute Gasteiger partial charge is 0.283 e. The molecule has 0 aromatic rings. The summed E-state index contributed by atoms with van der Waals surface area (Å²) in [6, 6.07) is 0. The van der Waals surface area contributed by atoms with Crippen molar-refractivity contribution >= 4 is 0 Å². The van der Waals surface area contributed by atoms with E-state index in [0.717, 1.165) is 51.9 Å². The monoisotopic (exact) mass is 426 g/mol. The third-order valence-corrected chi connectivity index (χ3v) is 5.61. The van der Waals surface area contributed by atoms with Crippen molar-refractivity contribution in [2.75, 3.05) is 19.8 Å². The van der Waals surface area contributed by atoms with Crippen molar-refractivity contribution in [1.29, 1.82) is 0 Å². The Hall–Kier alpha value is -1.68. The Kier molecular flexibility index (Phi) is 11.3. The molecule has 172 valence electrons. The quantitative estimate of drug-likeness (QED) is 0.228.